The Hall–Kier alpha value is -0.280. The molecule has 3 aliphatic rings. The zero-order valence-electron chi connectivity index (χ0n) is 10.6. The second-order valence-electron chi connectivity index (χ2n) is 6.04. The Morgan fingerprint density at radius 2 is 2.06 bits per heavy atom. The van der Waals surface area contributed by atoms with Crippen LogP contribution in [0.15, 0.2) is 0 Å². The molecule has 4 heteroatoms. The van der Waals surface area contributed by atoms with Crippen molar-refractivity contribution < 1.29 is 4.79 Å². The summed E-state index contributed by atoms with van der Waals surface area (Å²) in [5.74, 6) is 0.457. The number of hydrogen-bond donors (Lipinski definition) is 1. The van der Waals surface area contributed by atoms with Crippen LogP contribution in [0.2, 0.25) is 0 Å². The van der Waals surface area contributed by atoms with Crippen molar-refractivity contribution >= 4 is 18.3 Å². The lowest BCUT2D eigenvalue weighted by Gasteiger charge is -2.25. The van der Waals surface area contributed by atoms with E-state index in [1.807, 2.05) is 0 Å². The molecular formula is C13H23ClN2O. The standard InChI is InChI=1S/C13H22N2O.ClH/c1-2-13(3-4-13)11(16)15-8-6-12(10-15)5-7-14-9-12;/h14H,2-10H2,1H3;1H. The van der Waals surface area contributed by atoms with Gasteiger partial charge in [0, 0.05) is 30.5 Å². The van der Waals surface area contributed by atoms with Gasteiger partial charge in [-0.25, -0.2) is 0 Å². The zero-order valence-corrected chi connectivity index (χ0v) is 11.4. The van der Waals surface area contributed by atoms with E-state index in [4.69, 9.17) is 0 Å². The number of nitrogens with zero attached hydrogens (tertiary/aromatic N) is 1. The lowest BCUT2D eigenvalue weighted by Crippen LogP contribution is -2.37. The maximum absolute atomic E-state index is 12.4. The Bertz CT molecular complexity index is 309. The van der Waals surface area contributed by atoms with Crippen LogP contribution in [-0.4, -0.2) is 37.0 Å². The van der Waals surface area contributed by atoms with Gasteiger partial charge in [0.25, 0.3) is 0 Å². The van der Waals surface area contributed by atoms with Gasteiger partial charge in [0.1, 0.15) is 0 Å². The van der Waals surface area contributed by atoms with Crippen LogP contribution in [-0.2, 0) is 4.79 Å². The maximum atomic E-state index is 12.4. The predicted octanol–water partition coefficient (Wildman–Crippen LogP) is 1.81. The minimum absolute atomic E-state index is 0. The molecule has 1 amide bonds. The van der Waals surface area contributed by atoms with Gasteiger partial charge < -0.3 is 10.2 Å². The third kappa shape index (κ3) is 2.08. The number of carbonyl (C=O) groups is 1. The molecule has 98 valence electrons. The first-order valence-corrected chi connectivity index (χ1v) is 6.70. The van der Waals surface area contributed by atoms with Crippen LogP contribution in [0, 0.1) is 10.8 Å². The number of hydrogen-bond acceptors (Lipinski definition) is 2. The first-order chi connectivity index (χ1) is 7.70. The highest BCUT2D eigenvalue weighted by Crippen LogP contribution is 2.51. The molecule has 0 aromatic heterocycles. The number of amides is 1. The van der Waals surface area contributed by atoms with E-state index in [1.54, 1.807) is 0 Å². The monoisotopic (exact) mass is 258 g/mol. The molecule has 1 spiro atoms. The van der Waals surface area contributed by atoms with Gasteiger partial charge in [-0.2, -0.15) is 0 Å². The van der Waals surface area contributed by atoms with Crippen molar-refractivity contribution in [3.05, 3.63) is 0 Å². The van der Waals surface area contributed by atoms with Crippen molar-refractivity contribution in [2.24, 2.45) is 10.8 Å². The van der Waals surface area contributed by atoms with Crippen LogP contribution >= 0.6 is 12.4 Å². The van der Waals surface area contributed by atoms with Gasteiger partial charge in [0.2, 0.25) is 5.91 Å². The lowest BCUT2D eigenvalue weighted by atomic mass is 9.86. The number of rotatable bonds is 2. The minimum atomic E-state index is 0. The van der Waals surface area contributed by atoms with Crippen LogP contribution in [0.1, 0.15) is 39.0 Å². The number of nitrogens with one attached hydrogen (secondary N) is 1. The van der Waals surface area contributed by atoms with Crippen molar-refractivity contribution in [1.82, 2.24) is 10.2 Å². The molecule has 3 fully saturated rings. The zero-order chi connectivity index (χ0) is 11.2. The van der Waals surface area contributed by atoms with E-state index in [-0.39, 0.29) is 17.8 Å². The molecule has 2 saturated heterocycles. The van der Waals surface area contributed by atoms with Gasteiger partial charge in [-0.15, -0.1) is 12.4 Å². The molecule has 0 aromatic rings. The van der Waals surface area contributed by atoms with Crippen LogP contribution in [0.25, 0.3) is 0 Å². The van der Waals surface area contributed by atoms with E-state index in [0.29, 0.717) is 11.3 Å². The molecule has 1 unspecified atom stereocenters. The predicted molar refractivity (Wildman–Crippen MR) is 70.3 cm³/mol. The molecule has 17 heavy (non-hydrogen) atoms. The number of halogens is 1. The first kappa shape index (κ1) is 13.2. The fourth-order valence-corrected chi connectivity index (χ4v) is 3.46. The molecule has 1 aliphatic carbocycles. The normalized spacial score (nSPS) is 33.8. The highest BCUT2D eigenvalue weighted by molar-refractivity contribution is 5.85. The second-order valence-corrected chi connectivity index (χ2v) is 6.04. The smallest absolute Gasteiger partial charge is 0.228 e. The van der Waals surface area contributed by atoms with Gasteiger partial charge in [0.15, 0.2) is 0 Å². The maximum Gasteiger partial charge on any atom is 0.228 e. The molecule has 1 atom stereocenters. The minimum Gasteiger partial charge on any atom is -0.342 e. The summed E-state index contributed by atoms with van der Waals surface area (Å²) in [7, 11) is 0. The molecule has 0 bridgehead atoms. The third-order valence-electron chi connectivity index (χ3n) is 5.04. The van der Waals surface area contributed by atoms with E-state index in [1.165, 1.54) is 12.8 Å². The molecule has 2 heterocycles. The Balaban J connectivity index is 0.00000108. The topological polar surface area (TPSA) is 32.3 Å². The number of carbonyl (C=O) groups excluding carboxylic acids is 1. The van der Waals surface area contributed by atoms with Gasteiger partial charge >= 0.3 is 0 Å². The summed E-state index contributed by atoms with van der Waals surface area (Å²) in [4.78, 5) is 14.6. The van der Waals surface area contributed by atoms with Gasteiger partial charge in [-0.3, -0.25) is 4.79 Å². The summed E-state index contributed by atoms with van der Waals surface area (Å²) in [6.07, 6.45) is 5.77. The van der Waals surface area contributed by atoms with E-state index in [2.05, 4.69) is 17.1 Å². The Labute approximate surface area is 110 Å². The molecular weight excluding hydrogens is 236 g/mol. The molecule has 3 rings (SSSR count). The largest absolute Gasteiger partial charge is 0.342 e. The van der Waals surface area contributed by atoms with Crippen LogP contribution in [0.4, 0.5) is 0 Å². The summed E-state index contributed by atoms with van der Waals surface area (Å²) in [5.41, 5.74) is 0.497. The van der Waals surface area contributed by atoms with Crippen molar-refractivity contribution in [3.63, 3.8) is 0 Å². The van der Waals surface area contributed by atoms with Gasteiger partial charge in [-0.1, -0.05) is 6.92 Å². The van der Waals surface area contributed by atoms with Crippen LogP contribution in [0.3, 0.4) is 0 Å². The highest BCUT2D eigenvalue weighted by Gasteiger charge is 2.52. The third-order valence-corrected chi connectivity index (χ3v) is 5.04. The summed E-state index contributed by atoms with van der Waals surface area (Å²) in [6, 6.07) is 0. The van der Waals surface area contributed by atoms with Crippen molar-refractivity contribution in [2.45, 2.75) is 39.0 Å². The molecule has 0 aromatic carbocycles. The average Bonchev–Trinajstić information content (AvgIpc) is 2.80. The molecule has 1 saturated carbocycles. The number of likely N-dealkylation sites (tertiary alicyclic amines) is 1. The average molecular weight is 259 g/mol. The summed E-state index contributed by atoms with van der Waals surface area (Å²) >= 11 is 0. The van der Waals surface area contributed by atoms with E-state index >= 15 is 0 Å². The second kappa shape index (κ2) is 4.43. The van der Waals surface area contributed by atoms with Crippen LogP contribution < -0.4 is 5.32 Å². The van der Waals surface area contributed by atoms with Crippen LogP contribution in [0.5, 0.6) is 0 Å². The Morgan fingerprint density at radius 1 is 1.29 bits per heavy atom. The van der Waals surface area contributed by atoms with Gasteiger partial charge in [0.05, 0.1) is 0 Å². The Morgan fingerprint density at radius 3 is 2.59 bits per heavy atom. The SMILES string of the molecule is CCC1(C(=O)N2CCC3(CCNC3)C2)CC1.Cl. The highest BCUT2D eigenvalue weighted by atomic mass is 35.5. The fourth-order valence-electron chi connectivity index (χ4n) is 3.46. The molecule has 1 N–H and O–H groups in total. The van der Waals surface area contributed by atoms with Gasteiger partial charge in [-0.05, 0) is 38.6 Å². The first-order valence-electron chi connectivity index (χ1n) is 6.70. The van der Waals surface area contributed by atoms with Crippen molar-refractivity contribution in [1.29, 1.82) is 0 Å². The molecule has 0 radical (unpaired) electrons. The van der Waals surface area contributed by atoms with E-state index < -0.39 is 0 Å². The fraction of sp³-hybridized carbons (Fsp3) is 0.923. The quantitative estimate of drug-likeness (QED) is 0.819. The molecule has 3 nitrogen and oxygen atoms in total. The molecule has 2 aliphatic heterocycles. The summed E-state index contributed by atoms with van der Waals surface area (Å²) in [5, 5.41) is 3.44. The van der Waals surface area contributed by atoms with Crippen molar-refractivity contribution in [3.8, 4) is 0 Å². The van der Waals surface area contributed by atoms with E-state index in [0.717, 1.165) is 45.4 Å². The summed E-state index contributed by atoms with van der Waals surface area (Å²) in [6.45, 7) is 6.44. The van der Waals surface area contributed by atoms with E-state index in [9.17, 15) is 4.79 Å². The Kier molecular flexibility index (Phi) is 3.43. The lowest BCUT2D eigenvalue weighted by molar-refractivity contribution is -0.136. The van der Waals surface area contributed by atoms with Crippen molar-refractivity contribution in [2.75, 3.05) is 26.2 Å². The summed E-state index contributed by atoms with van der Waals surface area (Å²) < 4.78 is 0.